The molecule has 0 saturated carbocycles. The van der Waals surface area contributed by atoms with Gasteiger partial charge in [-0.1, -0.05) is 0 Å². The Morgan fingerprint density at radius 1 is 1.17 bits per heavy atom. The van der Waals surface area contributed by atoms with Gasteiger partial charge in [-0.15, -0.1) is 0 Å². The Labute approximate surface area is 109 Å². The molecule has 7 heteroatoms. The van der Waals surface area contributed by atoms with E-state index >= 15 is 0 Å². The summed E-state index contributed by atoms with van der Waals surface area (Å²) in [6, 6.07) is 0. The zero-order valence-electron chi connectivity index (χ0n) is 11.6. The van der Waals surface area contributed by atoms with Gasteiger partial charge in [-0.3, -0.25) is 9.69 Å². The Kier molecular flexibility index (Phi) is 4.74. The molecule has 1 heterocycles. The van der Waals surface area contributed by atoms with Crippen LogP contribution in [0.5, 0.6) is 0 Å². The molecule has 106 valence electrons. The van der Waals surface area contributed by atoms with Crippen molar-refractivity contribution in [1.82, 2.24) is 14.5 Å². The average Bonchev–Trinajstić information content (AvgIpc) is 2.13. The molecule has 18 heavy (non-hydrogen) atoms. The number of nitrogens with zero attached hydrogens (tertiary/aromatic N) is 2. The lowest BCUT2D eigenvalue weighted by Gasteiger charge is -2.33. The molecular formula is C11H23N3O3S. The number of piperazine rings is 1. The van der Waals surface area contributed by atoms with Gasteiger partial charge in [-0.2, -0.15) is 4.31 Å². The van der Waals surface area contributed by atoms with E-state index in [0.717, 1.165) is 0 Å². The zero-order chi connectivity index (χ0) is 14.0. The Hall–Kier alpha value is -0.660. The Morgan fingerprint density at radius 3 is 2.06 bits per heavy atom. The number of rotatable bonds is 3. The monoisotopic (exact) mass is 277 g/mol. The molecule has 0 aliphatic carbocycles. The lowest BCUT2D eigenvalue weighted by molar-refractivity contribution is -0.123. The smallest absolute Gasteiger partial charge is 0.234 e. The fourth-order valence-electron chi connectivity index (χ4n) is 1.88. The molecule has 0 aromatic carbocycles. The molecule has 0 unspecified atom stereocenters. The predicted octanol–water partition coefficient (Wildman–Crippen LogP) is -0.522. The van der Waals surface area contributed by atoms with Crippen LogP contribution in [0.2, 0.25) is 0 Å². The summed E-state index contributed by atoms with van der Waals surface area (Å²) in [6.07, 6.45) is 1.22. The third-order valence-corrected chi connectivity index (χ3v) is 3.99. The molecule has 1 saturated heterocycles. The van der Waals surface area contributed by atoms with Crippen molar-refractivity contribution < 1.29 is 13.2 Å². The first kappa shape index (κ1) is 15.4. The second-order valence-corrected chi connectivity index (χ2v) is 7.72. The van der Waals surface area contributed by atoms with Crippen molar-refractivity contribution in [2.75, 3.05) is 39.0 Å². The second-order valence-electron chi connectivity index (χ2n) is 5.74. The standard InChI is InChI=1S/C11H23N3O3S/c1-11(2,3)12-10(15)9-13-5-7-14(8-6-13)18(4,16)17/h5-9H2,1-4H3,(H,12,15). The van der Waals surface area contributed by atoms with Gasteiger partial charge in [0.05, 0.1) is 12.8 Å². The zero-order valence-corrected chi connectivity index (χ0v) is 12.4. The predicted molar refractivity (Wildman–Crippen MR) is 70.8 cm³/mol. The van der Waals surface area contributed by atoms with Crippen molar-refractivity contribution >= 4 is 15.9 Å². The number of nitrogens with one attached hydrogen (secondary N) is 1. The highest BCUT2D eigenvalue weighted by Crippen LogP contribution is 2.06. The average molecular weight is 277 g/mol. The van der Waals surface area contributed by atoms with Crippen LogP contribution in [-0.4, -0.2) is 68.0 Å². The highest BCUT2D eigenvalue weighted by Gasteiger charge is 2.25. The Morgan fingerprint density at radius 2 is 1.67 bits per heavy atom. The Balaban J connectivity index is 2.38. The Bertz CT molecular complexity index is 392. The molecular weight excluding hydrogens is 254 g/mol. The molecule has 1 fully saturated rings. The van der Waals surface area contributed by atoms with Gasteiger partial charge in [0, 0.05) is 31.7 Å². The van der Waals surface area contributed by atoms with Crippen LogP contribution in [0.3, 0.4) is 0 Å². The van der Waals surface area contributed by atoms with Crippen LogP contribution < -0.4 is 5.32 Å². The van der Waals surface area contributed by atoms with Crippen molar-refractivity contribution in [3.8, 4) is 0 Å². The van der Waals surface area contributed by atoms with Gasteiger partial charge in [0.1, 0.15) is 0 Å². The summed E-state index contributed by atoms with van der Waals surface area (Å²) in [7, 11) is -3.10. The summed E-state index contributed by atoms with van der Waals surface area (Å²) >= 11 is 0. The number of sulfonamides is 1. The molecule has 1 amide bonds. The van der Waals surface area contributed by atoms with Crippen LogP contribution in [0.1, 0.15) is 20.8 Å². The number of carbonyl (C=O) groups is 1. The minimum Gasteiger partial charge on any atom is -0.350 e. The number of amides is 1. The first-order valence-electron chi connectivity index (χ1n) is 6.06. The molecule has 0 aromatic heterocycles. The summed E-state index contributed by atoms with van der Waals surface area (Å²) in [5, 5.41) is 2.90. The van der Waals surface area contributed by atoms with E-state index in [9.17, 15) is 13.2 Å². The minimum absolute atomic E-state index is 0.0182. The van der Waals surface area contributed by atoms with Gasteiger partial charge in [0.25, 0.3) is 0 Å². The lowest BCUT2D eigenvalue weighted by atomic mass is 10.1. The molecule has 0 aromatic rings. The summed E-state index contributed by atoms with van der Waals surface area (Å²) in [5.41, 5.74) is -0.230. The van der Waals surface area contributed by atoms with E-state index in [1.54, 1.807) is 0 Å². The normalized spacial score (nSPS) is 19.8. The maximum atomic E-state index is 11.7. The lowest BCUT2D eigenvalue weighted by Crippen LogP contribution is -2.52. The maximum absolute atomic E-state index is 11.7. The molecule has 1 aliphatic rings. The highest BCUT2D eigenvalue weighted by atomic mass is 32.2. The summed E-state index contributed by atoms with van der Waals surface area (Å²) in [6.45, 7) is 8.26. The van der Waals surface area contributed by atoms with Crippen molar-refractivity contribution in [2.24, 2.45) is 0 Å². The first-order chi connectivity index (χ1) is 8.08. The quantitative estimate of drug-likeness (QED) is 0.753. The number of carbonyl (C=O) groups excluding carboxylic acids is 1. The van der Waals surface area contributed by atoms with Gasteiger partial charge in [0.15, 0.2) is 0 Å². The third kappa shape index (κ3) is 5.32. The van der Waals surface area contributed by atoms with Crippen molar-refractivity contribution in [3.63, 3.8) is 0 Å². The second kappa shape index (κ2) is 5.54. The minimum atomic E-state index is -3.10. The molecule has 1 N–H and O–H groups in total. The van der Waals surface area contributed by atoms with E-state index < -0.39 is 10.0 Å². The molecule has 0 spiro atoms. The van der Waals surface area contributed by atoms with Crippen molar-refractivity contribution in [3.05, 3.63) is 0 Å². The van der Waals surface area contributed by atoms with Crippen LogP contribution in [0.15, 0.2) is 0 Å². The summed E-state index contributed by atoms with van der Waals surface area (Å²) < 4.78 is 24.1. The van der Waals surface area contributed by atoms with E-state index in [1.165, 1.54) is 10.6 Å². The topological polar surface area (TPSA) is 69.7 Å². The van der Waals surface area contributed by atoms with Crippen LogP contribution >= 0.6 is 0 Å². The largest absolute Gasteiger partial charge is 0.350 e. The van der Waals surface area contributed by atoms with E-state index in [1.807, 2.05) is 25.7 Å². The van der Waals surface area contributed by atoms with Crippen LogP contribution in [0.25, 0.3) is 0 Å². The van der Waals surface area contributed by atoms with E-state index in [-0.39, 0.29) is 11.4 Å². The number of hydrogen-bond donors (Lipinski definition) is 1. The molecule has 6 nitrogen and oxygen atoms in total. The van der Waals surface area contributed by atoms with Crippen LogP contribution in [-0.2, 0) is 14.8 Å². The summed E-state index contributed by atoms with van der Waals surface area (Å²) in [4.78, 5) is 13.7. The van der Waals surface area contributed by atoms with Gasteiger partial charge < -0.3 is 5.32 Å². The third-order valence-electron chi connectivity index (χ3n) is 2.68. The molecule has 0 atom stereocenters. The van der Waals surface area contributed by atoms with Crippen molar-refractivity contribution in [1.29, 1.82) is 0 Å². The fraction of sp³-hybridized carbons (Fsp3) is 0.909. The van der Waals surface area contributed by atoms with Gasteiger partial charge in [0.2, 0.25) is 15.9 Å². The van der Waals surface area contributed by atoms with Crippen LogP contribution in [0, 0.1) is 0 Å². The maximum Gasteiger partial charge on any atom is 0.234 e. The molecule has 0 bridgehead atoms. The molecule has 0 radical (unpaired) electrons. The number of hydrogen-bond acceptors (Lipinski definition) is 4. The van der Waals surface area contributed by atoms with Gasteiger partial charge in [-0.05, 0) is 20.8 Å². The van der Waals surface area contributed by atoms with Crippen molar-refractivity contribution in [2.45, 2.75) is 26.3 Å². The van der Waals surface area contributed by atoms with E-state index in [0.29, 0.717) is 32.7 Å². The summed E-state index contributed by atoms with van der Waals surface area (Å²) in [5.74, 6) is -0.0182. The van der Waals surface area contributed by atoms with Gasteiger partial charge >= 0.3 is 0 Å². The molecule has 1 aliphatic heterocycles. The SMILES string of the molecule is CC(C)(C)NC(=O)CN1CCN(S(C)(=O)=O)CC1. The van der Waals surface area contributed by atoms with E-state index in [4.69, 9.17) is 0 Å². The van der Waals surface area contributed by atoms with Gasteiger partial charge in [-0.25, -0.2) is 8.42 Å². The fourth-order valence-corrected chi connectivity index (χ4v) is 2.71. The first-order valence-corrected chi connectivity index (χ1v) is 7.91. The van der Waals surface area contributed by atoms with Crippen LogP contribution in [0.4, 0.5) is 0 Å². The highest BCUT2D eigenvalue weighted by molar-refractivity contribution is 7.88. The molecule has 1 rings (SSSR count). The van der Waals surface area contributed by atoms with E-state index in [2.05, 4.69) is 5.32 Å².